The number of nitrogens with zero attached hydrogens (tertiary/aromatic N) is 2. The first-order valence-corrected chi connectivity index (χ1v) is 7.07. The average Bonchev–Trinajstić information content (AvgIpc) is 2.38. The molecule has 0 bridgehead atoms. The maximum Gasteiger partial charge on any atom is 0.129 e. The van der Waals surface area contributed by atoms with Crippen LogP contribution < -0.4 is 4.90 Å². The summed E-state index contributed by atoms with van der Waals surface area (Å²) < 4.78 is 0. The van der Waals surface area contributed by atoms with Gasteiger partial charge in [-0.15, -0.1) is 11.6 Å². The zero-order valence-corrected chi connectivity index (χ0v) is 11.5. The second-order valence-electron chi connectivity index (χ2n) is 5.01. The second kappa shape index (κ2) is 5.72. The zero-order chi connectivity index (χ0) is 12.3. The number of alkyl halides is 1. The van der Waals surface area contributed by atoms with Gasteiger partial charge < -0.3 is 4.90 Å². The average molecular weight is 253 g/mol. The Bertz CT molecular complexity index is 356. The molecule has 3 heteroatoms. The summed E-state index contributed by atoms with van der Waals surface area (Å²) in [5.74, 6) is 2.47. The van der Waals surface area contributed by atoms with Crippen LogP contribution in [0.25, 0.3) is 0 Å². The molecule has 2 nitrogen and oxygen atoms in total. The lowest BCUT2D eigenvalue weighted by atomic mass is 10.0. The molecule has 1 fully saturated rings. The van der Waals surface area contributed by atoms with Crippen molar-refractivity contribution in [3.63, 3.8) is 0 Å². The van der Waals surface area contributed by atoms with Gasteiger partial charge in [-0.1, -0.05) is 13.8 Å². The van der Waals surface area contributed by atoms with Crippen molar-refractivity contribution in [2.75, 3.05) is 18.0 Å². The van der Waals surface area contributed by atoms with Crippen molar-refractivity contribution in [3.8, 4) is 0 Å². The first-order valence-electron chi connectivity index (χ1n) is 6.53. The van der Waals surface area contributed by atoms with E-state index in [9.17, 15) is 0 Å². The van der Waals surface area contributed by atoms with E-state index >= 15 is 0 Å². The van der Waals surface area contributed by atoms with Crippen LogP contribution in [-0.2, 0) is 12.3 Å². The monoisotopic (exact) mass is 252 g/mol. The number of hydrogen-bond donors (Lipinski definition) is 0. The van der Waals surface area contributed by atoms with Crippen molar-refractivity contribution in [2.24, 2.45) is 5.92 Å². The van der Waals surface area contributed by atoms with Gasteiger partial charge >= 0.3 is 0 Å². The number of piperidine rings is 1. The molecular weight excluding hydrogens is 232 g/mol. The summed E-state index contributed by atoms with van der Waals surface area (Å²) in [7, 11) is 0. The number of hydrogen-bond acceptors (Lipinski definition) is 2. The Morgan fingerprint density at radius 3 is 2.94 bits per heavy atom. The molecule has 1 unspecified atom stereocenters. The minimum Gasteiger partial charge on any atom is -0.356 e. The molecule has 0 spiro atoms. The van der Waals surface area contributed by atoms with Crippen LogP contribution in [0.4, 0.5) is 5.82 Å². The number of anilines is 1. The lowest BCUT2D eigenvalue weighted by Gasteiger charge is -2.32. The van der Waals surface area contributed by atoms with E-state index in [0.29, 0.717) is 5.88 Å². The van der Waals surface area contributed by atoms with Crippen molar-refractivity contribution in [1.82, 2.24) is 4.98 Å². The largest absolute Gasteiger partial charge is 0.356 e. The highest BCUT2D eigenvalue weighted by Gasteiger charge is 2.18. The summed E-state index contributed by atoms with van der Waals surface area (Å²) in [5, 5.41) is 0. The van der Waals surface area contributed by atoms with E-state index in [1.54, 1.807) is 0 Å². The summed E-state index contributed by atoms with van der Waals surface area (Å²) in [6.07, 6.45) is 3.59. The van der Waals surface area contributed by atoms with Crippen molar-refractivity contribution >= 4 is 17.4 Å². The summed E-state index contributed by atoms with van der Waals surface area (Å²) in [4.78, 5) is 7.13. The molecule has 1 aliphatic heterocycles. The summed E-state index contributed by atoms with van der Waals surface area (Å²) in [6, 6.07) is 4.26. The normalized spacial score (nSPS) is 20.6. The molecule has 0 amide bonds. The predicted molar refractivity (Wildman–Crippen MR) is 73.8 cm³/mol. The van der Waals surface area contributed by atoms with Gasteiger partial charge in [-0.3, -0.25) is 0 Å². The molecule has 2 heterocycles. The number of pyridine rings is 1. The molecule has 1 aromatic rings. The molecule has 0 aliphatic carbocycles. The van der Waals surface area contributed by atoms with Gasteiger partial charge in [-0.2, -0.15) is 0 Å². The van der Waals surface area contributed by atoms with E-state index in [0.717, 1.165) is 36.9 Å². The van der Waals surface area contributed by atoms with Crippen LogP contribution in [0.3, 0.4) is 0 Å². The van der Waals surface area contributed by atoms with Gasteiger partial charge in [0.05, 0.1) is 0 Å². The Labute approximate surface area is 109 Å². The molecule has 94 valence electrons. The number of halogens is 1. The highest BCUT2D eigenvalue weighted by molar-refractivity contribution is 6.17. The third-order valence-electron chi connectivity index (χ3n) is 3.42. The third kappa shape index (κ3) is 3.12. The van der Waals surface area contributed by atoms with Crippen LogP contribution in [0, 0.1) is 5.92 Å². The Hall–Kier alpha value is -0.760. The van der Waals surface area contributed by atoms with Crippen molar-refractivity contribution in [3.05, 3.63) is 23.4 Å². The van der Waals surface area contributed by atoms with E-state index in [1.165, 1.54) is 18.4 Å². The van der Waals surface area contributed by atoms with Crippen LogP contribution in [0.5, 0.6) is 0 Å². The topological polar surface area (TPSA) is 16.1 Å². The minimum atomic E-state index is 0.575. The van der Waals surface area contributed by atoms with Gasteiger partial charge in [0.15, 0.2) is 0 Å². The molecule has 0 radical (unpaired) electrons. The SMILES string of the molecule is CCc1cc(CCl)cc(N2CCCC(C)C2)n1. The van der Waals surface area contributed by atoms with Gasteiger partial charge in [0.2, 0.25) is 0 Å². The van der Waals surface area contributed by atoms with Crippen molar-refractivity contribution in [1.29, 1.82) is 0 Å². The molecule has 0 aromatic carbocycles. The van der Waals surface area contributed by atoms with E-state index in [-0.39, 0.29) is 0 Å². The first kappa shape index (κ1) is 12.7. The third-order valence-corrected chi connectivity index (χ3v) is 3.73. The maximum absolute atomic E-state index is 5.95. The van der Waals surface area contributed by atoms with Crippen LogP contribution in [-0.4, -0.2) is 18.1 Å². The molecule has 1 atom stereocenters. The molecule has 2 rings (SSSR count). The Balaban J connectivity index is 2.23. The van der Waals surface area contributed by atoms with E-state index in [4.69, 9.17) is 16.6 Å². The van der Waals surface area contributed by atoms with Crippen LogP contribution in [0.1, 0.15) is 37.9 Å². The van der Waals surface area contributed by atoms with Gasteiger partial charge in [0, 0.05) is 24.7 Å². The van der Waals surface area contributed by atoms with E-state index in [1.807, 2.05) is 0 Å². The number of rotatable bonds is 3. The fourth-order valence-corrected chi connectivity index (χ4v) is 2.61. The van der Waals surface area contributed by atoms with E-state index < -0.39 is 0 Å². The first-order chi connectivity index (χ1) is 8.22. The maximum atomic E-state index is 5.95. The minimum absolute atomic E-state index is 0.575. The Kier molecular flexibility index (Phi) is 4.27. The summed E-state index contributed by atoms with van der Waals surface area (Å²) in [5.41, 5.74) is 2.34. The smallest absolute Gasteiger partial charge is 0.129 e. The molecule has 1 saturated heterocycles. The van der Waals surface area contributed by atoms with Gasteiger partial charge in [0.25, 0.3) is 0 Å². The van der Waals surface area contributed by atoms with Crippen LogP contribution >= 0.6 is 11.6 Å². The standard InChI is InChI=1S/C14H21ClN2/c1-3-13-7-12(9-15)8-14(16-13)17-6-4-5-11(2)10-17/h7-8,11H,3-6,9-10H2,1-2H3. The molecule has 17 heavy (non-hydrogen) atoms. The quantitative estimate of drug-likeness (QED) is 0.764. The van der Waals surface area contributed by atoms with Crippen molar-refractivity contribution in [2.45, 2.75) is 39.0 Å². The van der Waals surface area contributed by atoms with E-state index in [2.05, 4.69) is 30.9 Å². The molecule has 0 N–H and O–H groups in total. The highest BCUT2D eigenvalue weighted by Crippen LogP contribution is 2.23. The second-order valence-corrected chi connectivity index (χ2v) is 5.27. The fourth-order valence-electron chi connectivity index (χ4n) is 2.45. The molecular formula is C14H21ClN2. The zero-order valence-electron chi connectivity index (χ0n) is 10.7. The van der Waals surface area contributed by atoms with Gasteiger partial charge in [-0.25, -0.2) is 4.98 Å². The Morgan fingerprint density at radius 1 is 1.47 bits per heavy atom. The van der Waals surface area contributed by atoms with Crippen molar-refractivity contribution < 1.29 is 0 Å². The van der Waals surface area contributed by atoms with Gasteiger partial charge in [-0.05, 0) is 42.9 Å². The van der Waals surface area contributed by atoms with Crippen LogP contribution in [0.2, 0.25) is 0 Å². The predicted octanol–water partition coefficient (Wildman–Crippen LogP) is 3.62. The number of aryl methyl sites for hydroxylation is 1. The molecule has 1 aliphatic rings. The summed E-state index contributed by atoms with van der Waals surface area (Å²) in [6.45, 7) is 6.72. The lowest BCUT2D eigenvalue weighted by molar-refractivity contribution is 0.444. The molecule has 1 aromatic heterocycles. The lowest BCUT2D eigenvalue weighted by Crippen LogP contribution is -2.35. The van der Waals surface area contributed by atoms with Gasteiger partial charge in [0.1, 0.15) is 5.82 Å². The van der Waals surface area contributed by atoms with Crippen LogP contribution in [0.15, 0.2) is 12.1 Å². The Morgan fingerprint density at radius 2 is 2.29 bits per heavy atom. The highest BCUT2D eigenvalue weighted by atomic mass is 35.5. The molecule has 0 saturated carbocycles. The summed E-state index contributed by atoms with van der Waals surface area (Å²) >= 11 is 5.95. The number of aromatic nitrogens is 1. The fraction of sp³-hybridized carbons (Fsp3) is 0.643.